The van der Waals surface area contributed by atoms with Gasteiger partial charge in [-0.15, -0.1) is 0 Å². The molecule has 0 aliphatic carbocycles. The summed E-state index contributed by atoms with van der Waals surface area (Å²) >= 11 is 0. The van der Waals surface area contributed by atoms with Crippen molar-refractivity contribution in [3.8, 4) is 12.1 Å². The molecule has 1 amide bonds. The van der Waals surface area contributed by atoms with E-state index in [-0.39, 0.29) is 19.5 Å². The number of hydrogen-bond acceptors (Lipinski definition) is 4. The fourth-order valence-corrected chi connectivity index (χ4v) is 1.71. The van der Waals surface area contributed by atoms with Gasteiger partial charge >= 0.3 is 0 Å². The lowest BCUT2D eigenvalue weighted by Crippen LogP contribution is -2.37. The van der Waals surface area contributed by atoms with E-state index in [1.807, 2.05) is 18.2 Å². The highest BCUT2D eigenvalue weighted by atomic mass is 16.3. The summed E-state index contributed by atoms with van der Waals surface area (Å²) in [6.07, 6.45) is -0.166. The first-order valence-electron chi connectivity index (χ1n) is 5.81. The van der Waals surface area contributed by atoms with Crippen LogP contribution < -0.4 is 0 Å². The molecule has 0 bridgehead atoms. The number of benzene rings is 1. The van der Waals surface area contributed by atoms with E-state index in [0.717, 1.165) is 4.90 Å². The van der Waals surface area contributed by atoms with Crippen molar-refractivity contribution in [2.45, 2.75) is 18.9 Å². The molecule has 5 heteroatoms. The summed E-state index contributed by atoms with van der Waals surface area (Å²) in [4.78, 5) is 13.1. The normalized spacial score (nSPS) is 12.8. The maximum Gasteiger partial charge on any atom is 0.227 e. The summed E-state index contributed by atoms with van der Waals surface area (Å²) in [5.41, 5.74) is -0.696. The molecule has 0 saturated carbocycles. The van der Waals surface area contributed by atoms with Crippen molar-refractivity contribution >= 4 is 5.91 Å². The molecule has 0 saturated heterocycles. The summed E-state index contributed by atoms with van der Waals surface area (Å²) in [5, 5.41) is 27.6. The molecule has 1 N–H and O–H groups in total. The topological polar surface area (TPSA) is 88.1 Å². The first-order valence-corrected chi connectivity index (χ1v) is 5.81. The Morgan fingerprint density at radius 1 is 1.26 bits per heavy atom. The lowest BCUT2D eigenvalue weighted by atomic mass is 9.92. The van der Waals surface area contributed by atoms with Crippen LogP contribution >= 0.6 is 0 Å². The number of nitrogens with zero attached hydrogens (tertiary/aromatic N) is 3. The van der Waals surface area contributed by atoms with Crippen molar-refractivity contribution in [3.63, 3.8) is 0 Å². The molecule has 0 aliphatic heterocycles. The van der Waals surface area contributed by atoms with E-state index in [1.54, 1.807) is 24.3 Å². The zero-order valence-corrected chi connectivity index (χ0v) is 10.7. The Hall–Kier alpha value is -2.37. The number of nitriles is 2. The number of rotatable bonds is 5. The third-order valence-electron chi connectivity index (χ3n) is 2.77. The standard InChI is InChI=1S/C14H15N3O2/c1-14(19,12-5-3-2-4-6-12)11-13(18)17(9-7-15)10-8-16/h2-6,19H,9-11H2,1H3. The molecule has 0 radical (unpaired) electrons. The fourth-order valence-electron chi connectivity index (χ4n) is 1.71. The third-order valence-corrected chi connectivity index (χ3v) is 2.77. The number of amides is 1. The van der Waals surface area contributed by atoms with Crippen LogP contribution in [-0.4, -0.2) is 29.0 Å². The van der Waals surface area contributed by atoms with Crippen LogP contribution in [0.4, 0.5) is 0 Å². The average Bonchev–Trinajstić information content (AvgIpc) is 2.39. The number of carbonyl (C=O) groups excluding carboxylic acids is 1. The van der Waals surface area contributed by atoms with Gasteiger partial charge in [-0.05, 0) is 12.5 Å². The molecule has 0 aromatic heterocycles. The predicted molar refractivity (Wildman–Crippen MR) is 68.4 cm³/mol. The molecular weight excluding hydrogens is 242 g/mol. The first-order chi connectivity index (χ1) is 9.01. The van der Waals surface area contributed by atoms with E-state index in [4.69, 9.17) is 10.5 Å². The molecule has 0 aliphatic rings. The van der Waals surface area contributed by atoms with E-state index in [0.29, 0.717) is 5.56 Å². The summed E-state index contributed by atoms with van der Waals surface area (Å²) in [5.74, 6) is -0.419. The second kappa shape index (κ2) is 6.53. The van der Waals surface area contributed by atoms with Gasteiger partial charge in [0.1, 0.15) is 13.1 Å². The molecule has 1 rings (SSSR count). The van der Waals surface area contributed by atoms with Crippen molar-refractivity contribution in [1.82, 2.24) is 4.90 Å². The molecular formula is C14H15N3O2. The quantitative estimate of drug-likeness (QED) is 0.802. The molecule has 0 fully saturated rings. The predicted octanol–water partition coefficient (Wildman–Crippen LogP) is 1.16. The fraction of sp³-hybridized carbons (Fsp3) is 0.357. The summed E-state index contributed by atoms with van der Waals surface area (Å²) < 4.78 is 0. The largest absolute Gasteiger partial charge is 0.385 e. The zero-order chi connectivity index (χ0) is 14.3. The van der Waals surface area contributed by atoms with Crippen molar-refractivity contribution in [1.29, 1.82) is 10.5 Å². The smallest absolute Gasteiger partial charge is 0.227 e. The Morgan fingerprint density at radius 3 is 2.26 bits per heavy atom. The van der Waals surface area contributed by atoms with Gasteiger partial charge in [0.25, 0.3) is 0 Å². The van der Waals surface area contributed by atoms with Gasteiger partial charge in [0.15, 0.2) is 0 Å². The van der Waals surface area contributed by atoms with E-state index in [1.165, 1.54) is 6.92 Å². The van der Waals surface area contributed by atoms with E-state index < -0.39 is 11.5 Å². The number of carbonyl (C=O) groups is 1. The molecule has 19 heavy (non-hydrogen) atoms. The van der Waals surface area contributed by atoms with E-state index in [2.05, 4.69) is 0 Å². The van der Waals surface area contributed by atoms with Gasteiger partial charge in [0.05, 0.1) is 24.2 Å². The van der Waals surface area contributed by atoms with Gasteiger partial charge in [-0.2, -0.15) is 10.5 Å². The Labute approximate surface area is 112 Å². The monoisotopic (exact) mass is 257 g/mol. The second-order valence-corrected chi connectivity index (χ2v) is 4.38. The highest BCUT2D eigenvalue weighted by Crippen LogP contribution is 2.24. The highest BCUT2D eigenvalue weighted by molar-refractivity contribution is 5.78. The van der Waals surface area contributed by atoms with Crippen LogP contribution in [0.1, 0.15) is 18.9 Å². The van der Waals surface area contributed by atoms with Crippen LogP contribution in [0.25, 0.3) is 0 Å². The van der Waals surface area contributed by atoms with Gasteiger partial charge in [0.2, 0.25) is 5.91 Å². The van der Waals surface area contributed by atoms with Crippen LogP contribution in [0.15, 0.2) is 30.3 Å². The van der Waals surface area contributed by atoms with Crippen molar-refractivity contribution in [2.24, 2.45) is 0 Å². The Morgan fingerprint density at radius 2 is 1.79 bits per heavy atom. The van der Waals surface area contributed by atoms with Crippen LogP contribution in [0.2, 0.25) is 0 Å². The van der Waals surface area contributed by atoms with Gasteiger partial charge in [0, 0.05) is 0 Å². The van der Waals surface area contributed by atoms with Gasteiger partial charge < -0.3 is 10.0 Å². The van der Waals surface area contributed by atoms with Gasteiger partial charge in [-0.1, -0.05) is 30.3 Å². The minimum atomic E-state index is -1.32. The maximum atomic E-state index is 12.0. The van der Waals surface area contributed by atoms with E-state index >= 15 is 0 Å². The minimum Gasteiger partial charge on any atom is -0.385 e. The number of hydrogen-bond donors (Lipinski definition) is 1. The summed E-state index contributed by atoms with van der Waals surface area (Å²) in [7, 11) is 0. The van der Waals surface area contributed by atoms with Crippen molar-refractivity contribution < 1.29 is 9.90 Å². The van der Waals surface area contributed by atoms with Crippen molar-refractivity contribution in [3.05, 3.63) is 35.9 Å². The number of aliphatic hydroxyl groups is 1. The first kappa shape index (κ1) is 14.7. The minimum absolute atomic E-state index is 0.155. The molecule has 5 nitrogen and oxygen atoms in total. The molecule has 0 spiro atoms. The maximum absolute atomic E-state index is 12.0. The summed E-state index contributed by atoms with van der Waals surface area (Å²) in [6.45, 7) is 1.23. The molecule has 1 atom stereocenters. The van der Waals surface area contributed by atoms with E-state index in [9.17, 15) is 9.90 Å². The molecule has 1 unspecified atom stereocenters. The van der Waals surface area contributed by atoms with Gasteiger partial charge in [-0.25, -0.2) is 0 Å². The SMILES string of the molecule is CC(O)(CC(=O)N(CC#N)CC#N)c1ccccc1. The second-order valence-electron chi connectivity index (χ2n) is 4.38. The average molecular weight is 257 g/mol. The van der Waals surface area contributed by atoms with Gasteiger partial charge in [-0.3, -0.25) is 4.79 Å². The third kappa shape index (κ3) is 4.09. The molecule has 1 aromatic rings. The zero-order valence-electron chi connectivity index (χ0n) is 10.7. The Kier molecular flexibility index (Phi) is 5.05. The molecule has 1 aromatic carbocycles. The van der Waals surface area contributed by atoms with Crippen LogP contribution in [0.5, 0.6) is 0 Å². The van der Waals surface area contributed by atoms with Crippen LogP contribution in [-0.2, 0) is 10.4 Å². The lowest BCUT2D eigenvalue weighted by Gasteiger charge is -2.26. The van der Waals surface area contributed by atoms with Crippen LogP contribution in [0, 0.1) is 22.7 Å². The van der Waals surface area contributed by atoms with Crippen LogP contribution in [0.3, 0.4) is 0 Å². The Bertz CT molecular complexity index is 496. The van der Waals surface area contributed by atoms with Crippen molar-refractivity contribution in [2.75, 3.05) is 13.1 Å². The summed E-state index contributed by atoms with van der Waals surface area (Å²) in [6, 6.07) is 12.5. The highest BCUT2D eigenvalue weighted by Gasteiger charge is 2.28. The lowest BCUT2D eigenvalue weighted by molar-refractivity contribution is -0.135. The Balaban J connectivity index is 2.80. The molecule has 98 valence electrons. The molecule has 0 heterocycles.